The van der Waals surface area contributed by atoms with Crippen LogP contribution in [0.3, 0.4) is 0 Å². The topological polar surface area (TPSA) is 101 Å². The lowest BCUT2D eigenvalue weighted by atomic mass is 10.1. The van der Waals surface area contributed by atoms with Crippen LogP contribution in [0.15, 0.2) is 52.3 Å². The standard InChI is InChI=1S/C21H24N2O6S2/c1-29-21(24)18-6-3-7-19(15-18)30(25,26)22-10-12-23(13-11-22)31(27,28)20-9-8-16-4-2-5-17(16)14-20/h3,6-9,14-15H,2,4-5,10-13H2,1H3. The van der Waals surface area contributed by atoms with Gasteiger partial charge in [0.1, 0.15) is 0 Å². The maximum atomic E-state index is 13.1. The third-order valence-electron chi connectivity index (χ3n) is 5.80. The summed E-state index contributed by atoms with van der Waals surface area (Å²) in [5.74, 6) is -0.623. The number of rotatable bonds is 5. The molecule has 4 rings (SSSR count). The Bertz CT molecular complexity index is 1220. The van der Waals surface area contributed by atoms with Gasteiger partial charge in [-0.25, -0.2) is 21.6 Å². The lowest BCUT2D eigenvalue weighted by molar-refractivity contribution is 0.0600. The van der Waals surface area contributed by atoms with Crippen LogP contribution in [-0.2, 0) is 37.6 Å². The molecule has 0 amide bonds. The van der Waals surface area contributed by atoms with Gasteiger partial charge >= 0.3 is 5.97 Å². The number of esters is 1. The second kappa shape index (κ2) is 8.34. The normalized spacial score (nSPS) is 18.0. The van der Waals surface area contributed by atoms with E-state index < -0.39 is 26.0 Å². The average Bonchev–Trinajstić information content (AvgIpc) is 3.26. The van der Waals surface area contributed by atoms with Gasteiger partial charge in [0.05, 0.1) is 22.5 Å². The van der Waals surface area contributed by atoms with E-state index >= 15 is 0 Å². The van der Waals surface area contributed by atoms with Gasteiger partial charge in [0.15, 0.2) is 0 Å². The summed E-state index contributed by atoms with van der Waals surface area (Å²) in [4.78, 5) is 12.0. The molecule has 166 valence electrons. The van der Waals surface area contributed by atoms with Gasteiger partial charge in [0.25, 0.3) is 0 Å². The molecular weight excluding hydrogens is 440 g/mol. The monoisotopic (exact) mass is 464 g/mol. The largest absolute Gasteiger partial charge is 0.465 e. The van der Waals surface area contributed by atoms with E-state index in [-0.39, 0.29) is 41.5 Å². The van der Waals surface area contributed by atoms with Crippen molar-refractivity contribution in [1.82, 2.24) is 8.61 Å². The molecule has 1 aliphatic carbocycles. The number of nitrogens with zero attached hydrogens (tertiary/aromatic N) is 2. The molecule has 1 aliphatic heterocycles. The Labute approximate surface area is 182 Å². The molecule has 1 heterocycles. The molecule has 0 unspecified atom stereocenters. The predicted molar refractivity (Wildman–Crippen MR) is 114 cm³/mol. The van der Waals surface area contributed by atoms with Crippen molar-refractivity contribution in [1.29, 1.82) is 0 Å². The summed E-state index contributed by atoms with van der Waals surface area (Å²) in [6.07, 6.45) is 2.89. The summed E-state index contributed by atoms with van der Waals surface area (Å²) in [7, 11) is -6.33. The third kappa shape index (κ3) is 4.12. The van der Waals surface area contributed by atoms with E-state index in [1.54, 1.807) is 12.1 Å². The highest BCUT2D eigenvalue weighted by Gasteiger charge is 2.34. The van der Waals surface area contributed by atoms with Crippen molar-refractivity contribution < 1.29 is 26.4 Å². The van der Waals surface area contributed by atoms with Crippen LogP contribution >= 0.6 is 0 Å². The van der Waals surface area contributed by atoms with Gasteiger partial charge in [-0.05, 0) is 60.7 Å². The van der Waals surface area contributed by atoms with E-state index in [4.69, 9.17) is 0 Å². The molecule has 0 aromatic heterocycles. The third-order valence-corrected chi connectivity index (χ3v) is 9.59. The van der Waals surface area contributed by atoms with Gasteiger partial charge in [-0.2, -0.15) is 8.61 Å². The molecule has 2 aromatic carbocycles. The van der Waals surface area contributed by atoms with Crippen molar-refractivity contribution in [3.8, 4) is 0 Å². The summed E-state index contributed by atoms with van der Waals surface area (Å²) < 4.78 is 59.4. The number of hydrogen-bond donors (Lipinski definition) is 0. The van der Waals surface area contributed by atoms with Crippen molar-refractivity contribution in [3.05, 3.63) is 59.2 Å². The van der Waals surface area contributed by atoms with Crippen LogP contribution in [0, 0.1) is 0 Å². The SMILES string of the molecule is COC(=O)c1cccc(S(=O)(=O)N2CCN(S(=O)(=O)c3ccc4c(c3)CCC4)CC2)c1. The Morgan fingerprint density at radius 3 is 2.00 bits per heavy atom. The molecule has 1 saturated heterocycles. The van der Waals surface area contributed by atoms with Crippen LogP contribution in [-0.4, -0.2) is 64.7 Å². The average molecular weight is 465 g/mol. The number of hydrogen-bond acceptors (Lipinski definition) is 6. The van der Waals surface area contributed by atoms with Crippen molar-refractivity contribution in [2.75, 3.05) is 33.3 Å². The second-order valence-electron chi connectivity index (χ2n) is 7.61. The summed E-state index contributed by atoms with van der Waals surface area (Å²) in [5.41, 5.74) is 2.42. The fourth-order valence-corrected chi connectivity index (χ4v) is 7.00. The maximum absolute atomic E-state index is 13.1. The number of carbonyl (C=O) groups is 1. The Hall–Kier alpha value is -2.27. The zero-order chi connectivity index (χ0) is 22.2. The van der Waals surface area contributed by atoms with Crippen LogP contribution in [0.5, 0.6) is 0 Å². The number of piperazine rings is 1. The Morgan fingerprint density at radius 1 is 0.806 bits per heavy atom. The Morgan fingerprint density at radius 2 is 1.39 bits per heavy atom. The Balaban J connectivity index is 1.50. The van der Waals surface area contributed by atoms with E-state index in [0.717, 1.165) is 24.8 Å². The van der Waals surface area contributed by atoms with Crippen molar-refractivity contribution in [2.45, 2.75) is 29.1 Å². The number of sulfonamides is 2. The van der Waals surface area contributed by atoms with E-state index in [1.807, 2.05) is 6.07 Å². The molecule has 0 N–H and O–H groups in total. The van der Waals surface area contributed by atoms with E-state index in [2.05, 4.69) is 4.74 Å². The Kier molecular flexibility index (Phi) is 5.91. The minimum Gasteiger partial charge on any atom is -0.465 e. The van der Waals surface area contributed by atoms with Crippen LogP contribution in [0.4, 0.5) is 0 Å². The fraction of sp³-hybridized carbons (Fsp3) is 0.381. The maximum Gasteiger partial charge on any atom is 0.337 e. The van der Waals surface area contributed by atoms with Crippen LogP contribution in [0.2, 0.25) is 0 Å². The zero-order valence-electron chi connectivity index (χ0n) is 17.2. The van der Waals surface area contributed by atoms with Gasteiger partial charge in [0.2, 0.25) is 20.0 Å². The summed E-state index contributed by atoms with van der Waals surface area (Å²) >= 11 is 0. The first-order chi connectivity index (χ1) is 14.7. The quantitative estimate of drug-likeness (QED) is 0.624. The predicted octanol–water partition coefficient (Wildman–Crippen LogP) is 1.66. The lowest BCUT2D eigenvalue weighted by Crippen LogP contribution is -2.50. The first-order valence-corrected chi connectivity index (χ1v) is 12.9. The molecule has 2 aromatic rings. The highest BCUT2D eigenvalue weighted by Crippen LogP contribution is 2.27. The van der Waals surface area contributed by atoms with E-state index in [0.29, 0.717) is 0 Å². The number of fused-ring (bicyclic) bond motifs is 1. The molecule has 0 radical (unpaired) electrons. The molecule has 2 aliphatic rings. The van der Waals surface area contributed by atoms with Gasteiger partial charge < -0.3 is 4.74 Å². The number of benzene rings is 2. The highest BCUT2D eigenvalue weighted by molar-refractivity contribution is 7.89. The minimum absolute atomic E-state index is 0.0228. The summed E-state index contributed by atoms with van der Waals surface area (Å²) in [5, 5.41) is 0. The van der Waals surface area contributed by atoms with Gasteiger partial charge in [-0.15, -0.1) is 0 Å². The molecule has 0 atom stereocenters. The van der Waals surface area contributed by atoms with E-state index in [9.17, 15) is 21.6 Å². The zero-order valence-corrected chi connectivity index (χ0v) is 18.8. The fourth-order valence-electron chi connectivity index (χ4n) is 4.06. The highest BCUT2D eigenvalue weighted by atomic mass is 32.2. The first kappa shape index (κ1) is 21.9. The van der Waals surface area contributed by atoms with Gasteiger partial charge in [0, 0.05) is 26.2 Å². The molecule has 31 heavy (non-hydrogen) atoms. The number of aryl methyl sites for hydroxylation is 2. The molecule has 0 spiro atoms. The molecule has 8 nitrogen and oxygen atoms in total. The minimum atomic E-state index is -3.86. The molecule has 10 heteroatoms. The summed E-state index contributed by atoms with van der Waals surface area (Å²) in [6.45, 7) is 0.203. The lowest BCUT2D eigenvalue weighted by Gasteiger charge is -2.33. The van der Waals surface area contributed by atoms with E-state index in [1.165, 1.54) is 45.5 Å². The van der Waals surface area contributed by atoms with Gasteiger partial charge in [-0.1, -0.05) is 12.1 Å². The van der Waals surface area contributed by atoms with Crippen LogP contribution in [0.1, 0.15) is 27.9 Å². The summed E-state index contributed by atoms with van der Waals surface area (Å²) in [6, 6.07) is 10.9. The number of carbonyl (C=O) groups excluding carboxylic acids is 1. The number of ether oxygens (including phenoxy) is 1. The number of methoxy groups -OCH3 is 1. The van der Waals surface area contributed by atoms with Crippen LogP contribution in [0.25, 0.3) is 0 Å². The second-order valence-corrected chi connectivity index (χ2v) is 11.5. The van der Waals surface area contributed by atoms with Crippen molar-refractivity contribution >= 4 is 26.0 Å². The van der Waals surface area contributed by atoms with Crippen LogP contribution < -0.4 is 0 Å². The van der Waals surface area contributed by atoms with Crippen molar-refractivity contribution in [3.63, 3.8) is 0 Å². The molecule has 0 bridgehead atoms. The molecule has 1 fully saturated rings. The van der Waals surface area contributed by atoms with Crippen molar-refractivity contribution in [2.24, 2.45) is 0 Å². The van der Waals surface area contributed by atoms with Gasteiger partial charge in [-0.3, -0.25) is 0 Å². The first-order valence-electron chi connectivity index (χ1n) is 10.0. The molecule has 0 saturated carbocycles. The molecular formula is C21H24N2O6S2. The smallest absolute Gasteiger partial charge is 0.337 e.